The molecule has 0 aliphatic rings. The molecule has 1 amide bonds. The molecule has 142 valence electrons. The van der Waals surface area contributed by atoms with Crippen molar-refractivity contribution in [1.29, 1.82) is 0 Å². The Hall–Kier alpha value is -2.95. The van der Waals surface area contributed by atoms with E-state index in [0.29, 0.717) is 12.1 Å². The molecule has 0 aliphatic heterocycles. The average Bonchev–Trinajstić information content (AvgIpc) is 2.48. The van der Waals surface area contributed by atoms with Crippen LogP contribution in [-0.4, -0.2) is 21.2 Å². The van der Waals surface area contributed by atoms with Gasteiger partial charge in [-0.05, 0) is 48.0 Å². The van der Waals surface area contributed by atoms with Gasteiger partial charge >= 0.3 is 10.2 Å². The van der Waals surface area contributed by atoms with E-state index in [0.717, 1.165) is 24.3 Å². The van der Waals surface area contributed by atoms with Crippen molar-refractivity contribution in [3.8, 4) is 17.2 Å². The number of halogens is 5. The minimum absolute atomic E-state index is 0.143. The van der Waals surface area contributed by atoms with E-state index in [2.05, 4.69) is 5.32 Å². The summed E-state index contributed by atoms with van der Waals surface area (Å²) in [5.41, 5.74) is -0.00846. The summed E-state index contributed by atoms with van der Waals surface area (Å²) in [6.45, 7) is 0. The van der Waals surface area contributed by atoms with Gasteiger partial charge < -0.3 is 20.6 Å². The Morgan fingerprint density at radius 3 is 1.88 bits per heavy atom. The monoisotopic (exact) mass is 397 g/mol. The molecule has 0 aliphatic carbocycles. The SMILES string of the molecule is O=C(C=Cc1cc(O)c(O)c(O)c1)Nc1ccc(S(F)(F)(F)(F)F)cc1. The Kier molecular flexibility index (Phi) is 4.12. The van der Waals surface area contributed by atoms with E-state index in [1.807, 2.05) is 0 Å². The first-order valence-corrected chi connectivity index (χ1v) is 8.69. The zero-order valence-corrected chi connectivity index (χ0v) is 13.5. The highest BCUT2D eigenvalue weighted by Crippen LogP contribution is 3.02. The van der Waals surface area contributed by atoms with Gasteiger partial charge in [-0.3, -0.25) is 4.79 Å². The fourth-order valence-electron chi connectivity index (χ4n) is 1.87. The number of benzene rings is 2. The number of carbonyl (C=O) groups is 1. The number of phenolic OH excluding ortho intramolecular Hbond substituents is 3. The molecule has 2 aromatic carbocycles. The van der Waals surface area contributed by atoms with E-state index in [1.54, 1.807) is 0 Å². The van der Waals surface area contributed by atoms with E-state index >= 15 is 0 Å². The largest absolute Gasteiger partial charge is 0.504 e. The van der Waals surface area contributed by atoms with E-state index in [-0.39, 0.29) is 23.4 Å². The molecule has 2 aromatic rings. The molecule has 0 bridgehead atoms. The second-order valence-corrected chi connectivity index (χ2v) is 7.63. The Balaban J connectivity index is 2.11. The quantitative estimate of drug-likeness (QED) is 0.328. The number of hydrogen-bond acceptors (Lipinski definition) is 4. The minimum Gasteiger partial charge on any atom is -0.504 e. The van der Waals surface area contributed by atoms with Crippen LogP contribution in [0.15, 0.2) is 47.4 Å². The Labute approximate surface area is 143 Å². The van der Waals surface area contributed by atoms with Crippen LogP contribution < -0.4 is 5.32 Å². The van der Waals surface area contributed by atoms with Crippen molar-refractivity contribution in [2.75, 3.05) is 5.32 Å². The predicted octanol–water partition coefficient (Wildman–Crippen LogP) is 5.11. The van der Waals surface area contributed by atoms with Crippen LogP contribution in [0.4, 0.5) is 25.1 Å². The number of anilines is 1. The summed E-state index contributed by atoms with van der Waals surface area (Å²) in [6, 6.07) is 3.77. The summed E-state index contributed by atoms with van der Waals surface area (Å²) in [4.78, 5) is 9.62. The number of hydrogen-bond donors (Lipinski definition) is 4. The summed E-state index contributed by atoms with van der Waals surface area (Å²) >= 11 is 0. The first-order valence-electron chi connectivity index (χ1n) is 6.74. The molecular weight excluding hydrogens is 385 g/mol. The zero-order chi connectivity index (χ0) is 19.8. The smallest absolute Gasteiger partial charge is 0.310 e. The summed E-state index contributed by atoms with van der Waals surface area (Å²) < 4.78 is 62.9. The van der Waals surface area contributed by atoms with Gasteiger partial charge in [0.15, 0.2) is 17.2 Å². The second-order valence-electron chi connectivity index (χ2n) is 5.22. The maximum atomic E-state index is 12.6. The van der Waals surface area contributed by atoms with E-state index in [4.69, 9.17) is 0 Å². The summed E-state index contributed by atoms with van der Waals surface area (Å²) in [7, 11) is -9.77. The fraction of sp³-hybridized carbons (Fsp3) is 0. The minimum atomic E-state index is -9.77. The summed E-state index contributed by atoms with van der Waals surface area (Å²) in [5, 5.41) is 30.0. The van der Waals surface area contributed by atoms with Crippen LogP contribution in [0.2, 0.25) is 0 Å². The molecular formula is C15H12F5NO4S. The number of phenols is 3. The lowest BCUT2D eigenvalue weighted by Gasteiger charge is -2.40. The van der Waals surface area contributed by atoms with Crippen LogP contribution in [0, 0.1) is 0 Å². The van der Waals surface area contributed by atoms with Crippen LogP contribution in [0.1, 0.15) is 5.56 Å². The first-order chi connectivity index (χ1) is 11.7. The van der Waals surface area contributed by atoms with E-state index in [1.165, 1.54) is 0 Å². The Morgan fingerprint density at radius 1 is 0.923 bits per heavy atom. The van der Waals surface area contributed by atoms with Crippen LogP contribution in [-0.2, 0) is 4.79 Å². The molecule has 0 saturated heterocycles. The fourth-order valence-corrected chi connectivity index (χ4v) is 2.52. The molecule has 4 N–H and O–H groups in total. The molecule has 0 unspecified atom stereocenters. The lowest BCUT2D eigenvalue weighted by Crippen LogP contribution is -2.09. The third-order valence-electron chi connectivity index (χ3n) is 3.09. The molecule has 11 heteroatoms. The molecule has 26 heavy (non-hydrogen) atoms. The van der Waals surface area contributed by atoms with Crippen LogP contribution >= 0.6 is 10.2 Å². The molecule has 0 spiro atoms. The van der Waals surface area contributed by atoms with Crippen molar-refractivity contribution in [3.05, 3.63) is 48.0 Å². The van der Waals surface area contributed by atoms with Crippen molar-refractivity contribution < 1.29 is 39.5 Å². The molecule has 2 rings (SSSR count). The average molecular weight is 397 g/mol. The number of carbonyl (C=O) groups excluding carboxylic acids is 1. The lowest BCUT2D eigenvalue weighted by molar-refractivity contribution is -0.111. The normalized spacial score (nSPS) is 14.7. The van der Waals surface area contributed by atoms with Gasteiger partial charge in [-0.2, -0.15) is 0 Å². The summed E-state index contributed by atoms with van der Waals surface area (Å²) in [6.07, 6.45) is 2.06. The van der Waals surface area contributed by atoms with Crippen molar-refractivity contribution in [1.82, 2.24) is 0 Å². The highest BCUT2D eigenvalue weighted by atomic mass is 32.5. The molecule has 0 atom stereocenters. The molecule has 0 aromatic heterocycles. The van der Waals surface area contributed by atoms with Gasteiger partial charge in [0, 0.05) is 11.8 Å². The molecule has 0 radical (unpaired) electrons. The number of rotatable bonds is 4. The Bertz CT molecular complexity index is 872. The highest BCUT2D eigenvalue weighted by molar-refractivity contribution is 8.45. The third-order valence-corrected chi connectivity index (χ3v) is 4.25. The van der Waals surface area contributed by atoms with Crippen LogP contribution in [0.3, 0.4) is 0 Å². The molecule has 5 nitrogen and oxygen atoms in total. The van der Waals surface area contributed by atoms with Gasteiger partial charge in [0.2, 0.25) is 5.91 Å². The van der Waals surface area contributed by atoms with Crippen molar-refractivity contribution in [2.24, 2.45) is 0 Å². The van der Waals surface area contributed by atoms with Crippen molar-refractivity contribution in [2.45, 2.75) is 4.90 Å². The molecule has 0 heterocycles. The summed E-state index contributed by atoms with van der Waals surface area (Å²) in [5.74, 6) is -2.80. The molecule has 0 fully saturated rings. The van der Waals surface area contributed by atoms with Crippen LogP contribution in [0.5, 0.6) is 17.2 Å². The maximum Gasteiger partial charge on any atom is 0.310 e. The van der Waals surface area contributed by atoms with Gasteiger partial charge in [0.1, 0.15) is 4.90 Å². The zero-order valence-electron chi connectivity index (χ0n) is 12.7. The van der Waals surface area contributed by atoms with E-state index < -0.39 is 38.3 Å². The van der Waals surface area contributed by atoms with E-state index in [9.17, 15) is 39.5 Å². The van der Waals surface area contributed by atoms with Crippen molar-refractivity contribution >= 4 is 27.9 Å². The van der Waals surface area contributed by atoms with Gasteiger partial charge in [-0.1, -0.05) is 19.4 Å². The van der Waals surface area contributed by atoms with Crippen LogP contribution in [0.25, 0.3) is 6.08 Å². The number of amides is 1. The van der Waals surface area contributed by atoms with Crippen molar-refractivity contribution in [3.63, 3.8) is 0 Å². The number of nitrogens with one attached hydrogen (secondary N) is 1. The standard InChI is InChI=1S/C15H12F5NO4S/c16-26(17,18,19,20)11-4-2-10(3-5-11)21-14(24)6-1-9-7-12(22)15(25)13(23)8-9/h1-8,22-23,25H,(H,21,24). The lowest BCUT2D eigenvalue weighted by atomic mass is 10.1. The van der Waals surface area contributed by atoms with Gasteiger partial charge in [-0.25, -0.2) is 0 Å². The Morgan fingerprint density at radius 2 is 1.42 bits per heavy atom. The van der Waals surface area contributed by atoms with Gasteiger partial charge in [0.25, 0.3) is 0 Å². The highest BCUT2D eigenvalue weighted by Gasteiger charge is 2.65. The molecule has 0 saturated carbocycles. The topological polar surface area (TPSA) is 89.8 Å². The van der Waals surface area contributed by atoms with Gasteiger partial charge in [0.05, 0.1) is 0 Å². The second kappa shape index (κ2) is 5.53. The predicted molar refractivity (Wildman–Crippen MR) is 86.9 cm³/mol. The van der Waals surface area contributed by atoms with Gasteiger partial charge in [-0.15, -0.1) is 0 Å². The first kappa shape index (κ1) is 19.4. The maximum absolute atomic E-state index is 12.6. The number of aromatic hydroxyl groups is 3. The third kappa shape index (κ3) is 4.79.